The molecule has 0 bridgehead atoms. The fourth-order valence-corrected chi connectivity index (χ4v) is 4.10. The quantitative estimate of drug-likeness (QED) is 0.733. The van der Waals surface area contributed by atoms with E-state index < -0.39 is 11.9 Å². The van der Waals surface area contributed by atoms with Crippen LogP contribution in [0.5, 0.6) is 0 Å². The zero-order chi connectivity index (χ0) is 19.5. The molecule has 1 N–H and O–H groups in total. The number of amides is 1. The Morgan fingerprint density at radius 2 is 1.61 bits per heavy atom. The Morgan fingerprint density at radius 3 is 2.36 bits per heavy atom. The lowest BCUT2D eigenvalue weighted by Crippen LogP contribution is -2.30. The van der Waals surface area contributed by atoms with E-state index in [4.69, 9.17) is 0 Å². The Kier molecular flexibility index (Phi) is 5.11. The van der Waals surface area contributed by atoms with Crippen LogP contribution in [-0.4, -0.2) is 35.0 Å². The van der Waals surface area contributed by atoms with Gasteiger partial charge in [0.25, 0.3) is 0 Å². The molecule has 3 aromatic rings. The molecule has 142 valence electrons. The molecule has 0 saturated carbocycles. The largest absolute Gasteiger partial charge is 0.481 e. The number of benzene rings is 3. The first kappa shape index (κ1) is 18.2. The van der Waals surface area contributed by atoms with Gasteiger partial charge in [-0.25, -0.2) is 0 Å². The second kappa shape index (κ2) is 7.85. The Labute approximate surface area is 164 Å². The summed E-state index contributed by atoms with van der Waals surface area (Å²) in [6, 6.07) is 24.1. The van der Waals surface area contributed by atoms with Gasteiger partial charge in [0.2, 0.25) is 5.91 Å². The van der Waals surface area contributed by atoms with Crippen molar-refractivity contribution in [3.05, 3.63) is 83.9 Å². The third-order valence-corrected chi connectivity index (χ3v) is 5.66. The standard InChI is InChI=1S/C24H23NO3/c26-23(13-11-17-10-12-18-6-4-5-9-20(18)14-17)25-15-21(22(16-25)24(27)28)19-7-2-1-3-8-19/h1-10,12,14,21-22H,11,13,15-16H2,(H,27,28). The first-order valence-electron chi connectivity index (χ1n) is 9.65. The molecule has 0 aliphatic carbocycles. The minimum absolute atomic E-state index is 0.0258. The fraction of sp³-hybridized carbons (Fsp3) is 0.250. The molecule has 4 heteroatoms. The molecule has 1 heterocycles. The van der Waals surface area contributed by atoms with Gasteiger partial charge < -0.3 is 10.0 Å². The number of carboxylic acids is 1. The van der Waals surface area contributed by atoms with Crippen LogP contribution < -0.4 is 0 Å². The maximum atomic E-state index is 12.8. The van der Waals surface area contributed by atoms with Crippen LogP contribution in [0.4, 0.5) is 0 Å². The maximum absolute atomic E-state index is 12.8. The normalized spacial score (nSPS) is 19.1. The van der Waals surface area contributed by atoms with Crippen LogP contribution in [0.3, 0.4) is 0 Å². The zero-order valence-corrected chi connectivity index (χ0v) is 15.6. The molecule has 28 heavy (non-hydrogen) atoms. The number of fused-ring (bicyclic) bond motifs is 1. The number of aryl methyl sites for hydroxylation is 1. The molecular formula is C24H23NO3. The highest BCUT2D eigenvalue weighted by atomic mass is 16.4. The summed E-state index contributed by atoms with van der Waals surface area (Å²) < 4.78 is 0. The van der Waals surface area contributed by atoms with E-state index in [0.717, 1.165) is 11.1 Å². The van der Waals surface area contributed by atoms with Crippen molar-refractivity contribution in [3.63, 3.8) is 0 Å². The van der Waals surface area contributed by atoms with E-state index in [-0.39, 0.29) is 18.4 Å². The van der Waals surface area contributed by atoms with Crippen molar-refractivity contribution in [3.8, 4) is 0 Å². The maximum Gasteiger partial charge on any atom is 0.308 e. The number of carboxylic acid groups (broad SMARTS) is 1. The molecule has 2 atom stereocenters. The summed E-state index contributed by atoms with van der Waals surface area (Å²) in [6.07, 6.45) is 1.06. The molecule has 1 saturated heterocycles. The number of rotatable bonds is 5. The number of hydrogen-bond acceptors (Lipinski definition) is 2. The highest BCUT2D eigenvalue weighted by Crippen LogP contribution is 2.33. The summed E-state index contributed by atoms with van der Waals surface area (Å²) in [6.45, 7) is 0.753. The SMILES string of the molecule is O=C(O)C1CN(C(=O)CCc2ccc3ccccc3c2)CC1c1ccccc1. The molecule has 3 aromatic carbocycles. The zero-order valence-electron chi connectivity index (χ0n) is 15.6. The molecule has 1 fully saturated rings. The van der Waals surface area contributed by atoms with Gasteiger partial charge >= 0.3 is 5.97 Å². The van der Waals surface area contributed by atoms with Crippen molar-refractivity contribution in [1.29, 1.82) is 0 Å². The van der Waals surface area contributed by atoms with Gasteiger partial charge in [-0.1, -0.05) is 72.8 Å². The van der Waals surface area contributed by atoms with Crippen LogP contribution >= 0.6 is 0 Å². The Morgan fingerprint density at radius 1 is 0.893 bits per heavy atom. The highest BCUT2D eigenvalue weighted by Gasteiger charge is 2.40. The lowest BCUT2D eigenvalue weighted by atomic mass is 9.89. The number of nitrogens with zero attached hydrogens (tertiary/aromatic N) is 1. The molecule has 0 aromatic heterocycles. The average molecular weight is 373 g/mol. The predicted molar refractivity (Wildman–Crippen MR) is 109 cm³/mol. The number of hydrogen-bond donors (Lipinski definition) is 1. The van der Waals surface area contributed by atoms with Crippen molar-refractivity contribution in [2.75, 3.05) is 13.1 Å². The number of carbonyl (C=O) groups excluding carboxylic acids is 1. The Bertz CT molecular complexity index is 999. The average Bonchev–Trinajstić information content (AvgIpc) is 3.18. The van der Waals surface area contributed by atoms with Gasteiger partial charge in [0.15, 0.2) is 0 Å². The van der Waals surface area contributed by atoms with Gasteiger partial charge in [0.05, 0.1) is 5.92 Å². The molecule has 1 aliphatic heterocycles. The van der Waals surface area contributed by atoms with Crippen LogP contribution in [0.25, 0.3) is 10.8 Å². The molecule has 4 nitrogen and oxygen atoms in total. The lowest BCUT2D eigenvalue weighted by Gasteiger charge is -2.16. The van der Waals surface area contributed by atoms with E-state index >= 15 is 0 Å². The van der Waals surface area contributed by atoms with Gasteiger partial charge in [-0.15, -0.1) is 0 Å². The van der Waals surface area contributed by atoms with Crippen LogP contribution in [0.15, 0.2) is 72.8 Å². The van der Waals surface area contributed by atoms with Crippen molar-refractivity contribution >= 4 is 22.6 Å². The van der Waals surface area contributed by atoms with Crippen molar-refractivity contribution in [2.45, 2.75) is 18.8 Å². The van der Waals surface area contributed by atoms with E-state index in [0.29, 0.717) is 19.4 Å². The summed E-state index contributed by atoms with van der Waals surface area (Å²) >= 11 is 0. The third kappa shape index (κ3) is 3.77. The Hall–Kier alpha value is -3.14. The summed E-state index contributed by atoms with van der Waals surface area (Å²) in [5.41, 5.74) is 2.11. The summed E-state index contributed by atoms with van der Waals surface area (Å²) in [4.78, 5) is 26.2. The van der Waals surface area contributed by atoms with E-state index in [2.05, 4.69) is 30.3 Å². The van der Waals surface area contributed by atoms with Gasteiger partial charge in [-0.05, 0) is 28.3 Å². The monoisotopic (exact) mass is 373 g/mol. The van der Waals surface area contributed by atoms with Crippen LogP contribution in [0, 0.1) is 5.92 Å². The molecule has 4 rings (SSSR count). The molecule has 1 aliphatic rings. The smallest absolute Gasteiger partial charge is 0.308 e. The van der Waals surface area contributed by atoms with E-state index in [1.54, 1.807) is 4.90 Å². The Balaban J connectivity index is 1.43. The second-order valence-corrected chi connectivity index (χ2v) is 7.44. The highest BCUT2D eigenvalue weighted by molar-refractivity contribution is 5.83. The number of aliphatic carboxylic acids is 1. The van der Waals surface area contributed by atoms with Gasteiger partial charge in [-0.2, -0.15) is 0 Å². The summed E-state index contributed by atoms with van der Waals surface area (Å²) in [5, 5.41) is 12.0. The van der Waals surface area contributed by atoms with Crippen LogP contribution in [-0.2, 0) is 16.0 Å². The van der Waals surface area contributed by atoms with Crippen LogP contribution in [0.2, 0.25) is 0 Å². The molecule has 0 spiro atoms. The fourth-order valence-electron chi connectivity index (χ4n) is 4.10. The number of likely N-dealkylation sites (tertiary alicyclic amines) is 1. The molecule has 0 radical (unpaired) electrons. The van der Waals surface area contributed by atoms with Crippen molar-refractivity contribution in [2.24, 2.45) is 5.92 Å². The topological polar surface area (TPSA) is 57.6 Å². The lowest BCUT2D eigenvalue weighted by molar-refractivity contribution is -0.141. The first-order valence-corrected chi connectivity index (χ1v) is 9.65. The van der Waals surface area contributed by atoms with Gasteiger partial charge in [-0.3, -0.25) is 9.59 Å². The second-order valence-electron chi connectivity index (χ2n) is 7.44. The van der Waals surface area contributed by atoms with Crippen molar-refractivity contribution in [1.82, 2.24) is 4.90 Å². The molecule has 2 unspecified atom stereocenters. The predicted octanol–water partition coefficient (Wildman–Crippen LogP) is 4.10. The van der Waals surface area contributed by atoms with E-state index in [9.17, 15) is 14.7 Å². The van der Waals surface area contributed by atoms with E-state index in [1.807, 2.05) is 42.5 Å². The summed E-state index contributed by atoms with van der Waals surface area (Å²) in [7, 11) is 0. The minimum Gasteiger partial charge on any atom is -0.481 e. The molecular weight excluding hydrogens is 350 g/mol. The summed E-state index contributed by atoms with van der Waals surface area (Å²) in [5.74, 6) is -1.51. The van der Waals surface area contributed by atoms with Gasteiger partial charge in [0, 0.05) is 25.4 Å². The van der Waals surface area contributed by atoms with Crippen LogP contribution in [0.1, 0.15) is 23.5 Å². The van der Waals surface area contributed by atoms with Gasteiger partial charge in [0.1, 0.15) is 0 Å². The van der Waals surface area contributed by atoms with Crippen molar-refractivity contribution < 1.29 is 14.7 Å². The first-order chi connectivity index (χ1) is 13.6. The molecule has 1 amide bonds. The number of carbonyl (C=O) groups is 2. The minimum atomic E-state index is -0.835. The third-order valence-electron chi connectivity index (χ3n) is 5.66. The van der Waals surface area contributed by atoms with E-state index in [1.165, 1.54) is 10.8 Å².